The predicted molar refractivity (Wildman–Crippen MR) is 81.1 cm³/mol. The van der Waals surface area contributed by atoms with Gasteiger partial charge in [-0.15, -0.1) is 0 Å². The van der Waals surface area contributed by atoms with Crippen molar-refractivity contribution in [3.8, 4) is 0 Å². The van der Waals surface area contributed by atoms with Gasteiger partial charge >= 0.3 is 0 Å². The SMILES string of the molecule is CCC(C)CN(CC)c1ccc(CC(C)N)cc1F. The average Bonchev–Trinajstić information content (AvgIpc) is 2.35. The second-order valence-corrected chi connectivity index (χ2v) is 5.52. The van der Waals surface area contributed by atoms with Gasteiger partial charge in [0.05, 0.1) is 5.69 Å². The Bertz CT molecular complexity index is 390. The fourth-order valence-corrected chi connectivity index (χ4v) is 2.21. The fourth-order valence-electron chi connectivity index (χ4n) is 2.21. The second-order valence-electron chi connectivity index (χ2n) is 5.52. The number of halogens is 1. The van der Waals surface area contributed by atoms with Crippen molar-refractivity contribution in [3.05, 3.63) is 29.6 Å². The minimum absolute atomic E-state index is 0.0626. The van der Waals surface area contributed by atoms with E-state index in [1.807, 2.05) is 19.1 Å². The Morgan fingerprint density at radius 2 is 1.95 bits per heavy atom. The zero-order chi connectivity index (χ0) is 14.4. The molecule has 0 saturated carbocycles. The molecule has 0 fully saturated rings. The monoisotopic (exact) mass is 266 g/mol. The largest absolute Gasteiger partial charge is 0.369 e. The molecule has 0 aliphatic heterocycles. The molecule has 0 spiro atoms. The number of nitrogens with zero attached hydrogens (tertiary/aromatic N) is 1. The normalized spacial score (nSPS) is 14.2. The first-order valence-corrected chi connectivity index (χ1v) is 7.26. The molecule has 0 saturated heterocycles. The van der Waals surface area contributed by atoms with E-state index in [0.717, 1.165) is 25.1 Å². The van der Waals surface area contributed by atoms with Gasteiger partial charge < -0.3 is 10.6 Å². The van der Waals surface area contributed by atoms with Crippen molar-refractivity contribution in [2.24, 2.45) is 11.7 Å². The summed E-state index contributed by atoms with van der Waals surface area (Å²) in [7, 11) is 0. The maximum Gasteiger partial charge on any atom is 0.146 e. The maximum atomic E-state index is 14.2. The van der Waals surface area contributed by atoms with Gasteiger partial charge in [0.1, 0.15) is 5.82 Å². The highest BCUT2D eigenvalue weighted by Gasteiger charge is 2.13. The summed E-state index contributed by atoms with van der Waals surface area (Å²) in [4.78, 5) is 2.11. The Morgan fingerprint density at radius 3 is 2.42 bits per heavy atom. The molecule has 0 radical (unpaired) electrons. The van der Waals surface area contributed by atoms with Crippen LogP contribution in [0.2, 0.25) is 0 Å². The van der Waals surface area contributed by atoms with Gasteiger partial charge in [0.25, 0.3) is 0 Å². The lowest BCUT2D eigenvalue weighted by Gasteiger charge is -2.27. The van der Waals surface area contributed by atoms with Gasteiger partial charge in [-0.2, -0.15) is 0 Å². The van der Waals surface area contributed by atoms with Crippen LogP contribution in [0.15, 0.2) is 18.2 Å². The van der Waals surface area contributed by atoms with Crippen LogP contribution in [0, 0.1) is 11.7 Å². The van der Waals surface area contributed by atoms with E-state index in [9.17, 15) is 4.39 Å². The predicted octanol–water partition coefficient (Wildman–Crippen LogP) is 3.59. The Labute approximate surface area is 116 Å². The van der Waals surface area contributed by atoms with Crippen molar-refractivity contribution < 1.29 is 4.39 Å². The van der Waals surface area contributed by atoms with Crippen LogP contribution in [0.1, 0.15) is 39.7 Å². The number of hydrogen-bond donors (Lipinski definition) is 1. The van der Waals surface area contributed by atoms with Gasteiger partial charge in [0.15, 0.2) is 0 Å². The molecule has 2 atom stereocenters. The van der Waals surface area contributed by atoms with Crippen LogP contribution >= 0.6 is 0 Å². The molecule has 0 aliphatic carbocycles. The Kier molecular flexibility index (Phi) is 6.29. The molecule has 1 aromatic rings. The average molecular weight is 266 g/mol. The smallest absolute Gasteiger partial charge is 0.146 e. The second kappa shape index (κ2) is 7.49. The van der Waals surface area contributed by atoms with E-state index in [0.29, 0.717) is 18.0 Å². The standard InChI is InChI=1S/C16H27FN2/c1-5-12(3)11-19(6-2)16-8-7-14(9-13(4)18)10-15(16)17/h7-8,10,12-13H,5-6,9,11,18H2,1-4H3. The van der Waals surface area contributed by atoms with Crippen molar-refractivity contribution in [2.75, 3.05) is 18.0 Å². The topological polar surface area (TPSA) is 29.3 Å². The summed E-state index contributed by atoms with van der Waals surface area (Å²) in [6.45, 7) is 10.1. The van der Waals surface area contributed by atoms with E-state index in [1.165, 1.54) is 0 Å². The van der Waals surface area contributed by atoms with Crippen LogP contribution in [-0.2, 0) is 6.42 Å². The number of rotatable bonds is 7. The summed E-state index contributed by atoms with van der Waals surface area (Å²) in [5, 5.41) is 0. The summed E-state index contributed by atoms with van der Waals surface area (Å²) in [5.41, 5.74) is 7.42. The third kappa shape index (κ3) is 4.83. The quantitative estimate of drug-likeness (QED) is 0.817. The Morgan fingerprint density at radius 1 is 1.26 bits per heavy atom. The van der Waals surface area contributed by atoms with E-state index >= 15 is 0 Å². The molecule has 2 unspecified atom stereocenters. The first-order chi connectivity index (χ1) is 8.97. The molecule has 2 nitrogen and oxygen atoms in total. The highest BCUT2D eigenvalue weighted by molar-refractivity contribution is 5.49. The maximum absolute atomic E-state index is 14.2. The van der Waals surface area contributed by atoms with Gasteiger partial charge in [-0.1, -0.05) is 26.3 Å². The zero-order valence-electron chi connectivity index (χ0n) is 12.6. The Balaban J connectivity index is 2.86. The van der Waals surface area contributed by atoms with Crippen LogP contribution in [0.4, 0.5) is 10.1 Å². The first-order valence-electron chi connectivity index (χ1n) is 7.26. The lowest BCUT2D eigenvalue weighted by Crippen LogP contribution is -2.29. The highest BCUT2D eigenvalue weighted by atomic mass is 19.1. The van der Waals surface area contributed by atoms with Crippen LogP contribution in [-0.4, -0.2) is 19.1 Å². The van der Waals surface area contributed by atoms with E-state index in [4.69, 9.17) is 5.73 Å². The fraction of sp³-hybridized carbons (Fsp3) is 0.625. The van der Waals surface area contributed by atoms with Gasteiger partial charge in [-0.3, -0.25) is 0 Å². The molecule has 0 aliphatic rings. The molecule has 1 aromatic carbocycles. The number of benzene rings is 1. The van der Waals surface area contributed by atoms with E-state index < -0.39 is 0 Å². The molecule has 0 amide bonds. The lowest BCUT2D eigenvalue weighted by atomic mass is 10.1. The van der Waals surface area contributed by atoms with Gasteiger partial charge in [-0.25, -0.2) is 4.39 Å². The highest BCUT2D eigenvalue weighted by Crippen LogP contribution is 2.22. The third-order valence-corrected chi connectivity index (χ3v) is 3.52. The third-order valence-electron chi connectivity index (χ3n) is 3.52. The molecule has 0 bridgehead atoms. The molecule has 3 heteroatoms. The van der Waals surface area contributed by atoms with E-state index in [1.54, 1.807) is 6.07 Å². The number of anilines is 1. The van der Waals surface area contributed by atoms with Crippen LogP contribution in [0.25, 0.3) is 0 Å². The molecule has 108 valence electrons. The van der Waals surface area contributed by atoms with Gasteiger partial charge in [-0.05, 0) is 43.9 Å². The van der Waals surface area contributed by atoms with Crippen LogP contribution < -0.4 is 10.6 Å². The molecule has 0 heterocycles. The molecular formula is C16H27FN2. The van der Waals surface area contributed by atoms with Crippen molar-refractivity contribution in [1.29, 1.82) is 0 Å². The molecular weight excluding hydrogens is 239 g/mol. The van der Waals surface area contributed by atoms with Crippen molar-refractivity contribution in [2.45, 2.75) is 46.6 Å². The lowest BCUT2D eigenvalue weighted by molar-refractivity contribution is 0.537. The van der Waals surface area contributed by atoms with Crippen LogP contribution in [0.5, 0.6) is 0 Å². The minimum Gasteiger partial charge on any atom is -0.369 e. The van der Waals surface area contributed by atoms with E-state index in [2.05, 4.69) is 25.7 Å². The summed E-state index contributed by atoms with van der Waals surface area (Å²) < 4.78 is 14.2. The molecule has 1 rings (SSSR count). The summed E-state index contributed by atoms with van der Waals surface area (Å²) in [5.74, 6) is 0.436. The number of nitrogens with two attached hydrogens (primary N) is 1. The molecule has 2 N–H and O–H groups in total. The first kappa shape index (κ1) is 16.0. The van der Waals surface area contributed by atoms with Crippen molar-refractivity contribution in [1.82, 2.24) is 0 Å². The summed E-state index contributed by atoms with van der Waals surface area (Å²) in [6, 6.07) is 5.56. The molecule has 0 aromatic heterocycles. The zero-order valence-corrected chi connectivity index (χ0v) is 12.6. The van der Waals surface area contributed by atoms with Gasteiger partial charge in [0, 0.05) is 19.1 Å². The molecule has 19 heavy (non-hydrogen) atoms. The Hall–Kier alpha value is -1.09. The van der Waals surface area contributed by atoms with Gasteiger partial charge in [0.2, 0.25) is 0 Å². The van der Waals surface area contributed by atoms with E-state index in [-0.39, 0.29) is 11.9 Å². The minimum atomic E-state index is -0.136. The van der Waals surface area contributed by atoms with Crippen molar-refractivity contribution >= 4 is 5.69 Å². The van der Waals surface area contributed by atoms with Crippen LogP contribution in [0.3, 0.4) is 0 Å². The summed E-state index contributed by atoms with van der Waals surface area (Å²) >= 11 is 0. The number of hydrogen-bond acceptors (Lipinski definition) is 2. The summed E-state index contributed by atoms with van der Waals surface area (Å²) in [6.07, 6.45) is 1.83. The van der Waals surface area contributed by atoms with Crippen molar-refractivity contribution in [3.63, 3.8) is 0 Å².